The summed E-state index contributed by atoms with van der Waals surface area (Å²) in [6.45, 7) is 2.70. The fraction of sp³-hybridized carbons (Fsp3) is 0.294. The Balaban J connectivity index is 1.69. The van der Waals surface area contributed by atoms with Crippen molar-refractivity contribution < 1.29 is 18.7 Å². The highest BCUT2D eigenvalue weighted by atomic mass is 16.5. The molecule has 0 radical (unpaired) electrons. The molecular formula is C17H20N2O4. The summed E-state index contributed by atoms with van der Waals surface area (Å²) in [6, 6.07) is 10.6. The number of nitrogens with zero attached hydrogens (tertiary/aromatic N) is 1. The number of amides is 1. The van der Waals surface area contributed by atoms with Gasteiger partial charge in [-0.05, 0) is 42.8 Å². The summed E-state index contributed by atoms with van der Waals surface area (Å²) in [5, 5.41) is 3.76. The highest BCUT2D eigenvalue weighted by Crippen LogP contribution is 2.17. The molecule has 6 nitrogen and oxygen atoms in total. The summed E-state index contributed by atoms with van der Waals surface area (Å²) in [5.41, 5.74) is 2.36. The minimum absolute atomic E-state index is 0.120. The second-order valence-electron chi connectivity index (χ2n) is 4.77. The molecule has 0 bridgehead atoms. The van der Waals surface area contributed by atoms with E-state index < -0.39 is 0 Å². The van der Waals surface area contributed by atoms with Crippen LogP contribution in [0.4, 0.5) is 0 Å². The lowest BCUT2D eigenvalue weighted by atomic mass is 10.3. The van der Waals surface area contributed by atoms with Gasteiger partial charge in [-0.3, -0.25) is 4.79 Å². The summed E-state index contributed by atoms with van der Waals surface area (Å²) >= 11 is 0. The Morgan fingerprint density at radius 2 is 1.96 bits per heavy atom. The van der Waals surface area contributed by atoms with Gasteiger partial charge in [-0.1, -0.05) is 13.3 Å². The Hall–Kier alpha value is -2.76. The van der Waals surface area contributed by atoms with E-state index in [0.29, 0.717) is 18.1 Å². The molecule has 23 heavy (non-hydrogen) atoms. The molecule has 0 aliphatic carbocycles. The first kappa shape index (κ1) is 16.6. The summed E-state index contributed by atoms with van der Waals surface area (Å²) < 4.78 is 16.0. The smallest absolute Gasteiger partial charge is 0.277 e. The lowest BCUT2D eigenvalue weighted by Crippen LogP contribution is -2.24. The van der Waals surface area contributed by atoms with Gasteiger partial charge in [0.15, 0.2) is 6.61 Å². The van der Waals surface area contributed by atoms with Crippen LogP contribution >= 0.6 is 0 Å². The standard InChI is InChI=1S/C17H20N2O4/c1-2-3-10-21-14-6-8-15(9-7-14)23-13-17(20)19-18-12-16-5-4-11-22-16/h4-9,11-12H,2-3,10,13H2,1H3,(H,19,20)/b18-12+. The highest BCUT2D eigenvalue weighted by molar-refractivity contribution is 5.81. The van der Waals surface area contributed by atoms with Crippen LogP contribution in [-0.2, 0) is 4.79 Å². The number of unbranched alkanes of at least 4 members (excludes halogenated alkanes) is 1. The minimum Gasteiger partial charge on any atom is -0.494 e. The van der Waals surface area contributed by atoms with E-state index in [-0.39, 0.29) is 12.5 Å². The van der Waals surface area contributed by atoms with Gasteiger partial charge >= 0.3 is 0 Å². The van der Waals surface area contributed by atoms with Gasteiger partial charge in [0.1, 0.15) is 17.3 Å². The Kier molecular flexibility index (Phi) is 6.71. The molecule has 2 aromatic rings. The first-order valence-corrected chi connectivity index (χ1v) is 7.49. The van der Waals surface area contributed by atoms with Gasteiger partial charge in [0.25, 0.3) is 5.91 Å². The Morgan fingerprint density at radius 1 is 1.22 bits per heavy atom. The molecule has 0 aliphatic heterocycles. The average molecular weight is 316 g/mol. The number of furan rings is 1. The zero-order chi connectivity index (χ0) is 16.3. The van der Waals surface area contributed by atoms with E-state index in [1.54, 1.807) is 24.3 Å². The molecular weight excluding hydrogens is 296 g/mol. The second-order valence-corrected chi connectivity index (χ2v) is 4.77. The fourth-order valence-corrected chi connectivity index (χ4v) is 1.68. The number of nitrogens with one attached hydrogen (secondary N) is 1. The maximum atomic E-state index is 11.6. The van der Waals surface area contributed by atoms with Crippen molar-refractivity contribution in [3.8, 4) is 11.5 Å². The van der Waals surface area contributed by atoms with E-state index in [1.165, 1.54) is 12.5 Å². The lowest BCUT2D eigenvalue weighted by Gasteiger charge is -2.07. The number of carbonyl (C=O) groups excluding carboxylic acids is 1. The van der Waals surface area contributed by atoms with E-state index in [4.69, 9.17) is 13.9 Å². The normalized spacial score (nSPS) is 10.7. The maximum absolute atomic E-state index is 11.6. The number of hydrogen-bond donors (Lipinski definition) is 1. The Bertz CT molecular complexity index is 606. The van der Waals surface area contributed by atoms with Crippen molar-refractivity contribution in [2.45, 2.75) is 19.8 Å². The van der Waals surface area contributed by atoms with Gasteiger partial charge in [0.2, 0.25) is 0 Å². The predicted molar refractivity (Wildman–Crippen MR) is 86.8 cm³/mol. The molecule has 0 fully saturated rings. The molecule has 1 amide bonds. The molecule has 0 spiro atoms. The molecule has 0 saturated heterocycles. The molecule has 2 rings (SSSR count). The molecule has 0 saturated carbocycles. The third kappa shape index (κ3) is 6.25. The van der Waals surface area contributed by atoms with E-state index in [9.17, 15) is 4.79 Å². The third-order valence-electron chi connectivity index (χ3n) is 2.88. The molecule has 122 valence electrons. The van der Waals surface area contributed by atoms with Crippen LogP contribution in [0.2, 0.25) is 0 Å². The first-order chi connectivity index (χ1) is 11.3. The number of rotatable bonds is 9. The van der Waals surface area contributed by atoms with Crippen LogP contribution in [0.3, 0.4) is 0 Å². The number of carbonyl (C=O) groups is 1. The van der Waals surface area contributed by atoms with Gasteiger partial charge in [-0.2, -0.15) is 5.10 Å². The average Bonchev–Trinajstić information content (AvgIpc) is 3.08. The van der Waals surface area contributed by atoms with Crippen LogP contribution in [0.1, 0.15) is 25.5 Å². The molecule has 0 unspecified atom stereocenters. The molecule has 0 atom stereocenters. The van der Waals surface area contributed by atoms with Gasteiger partial charge < -0.3 is 13.9 Å². The zero-order valence-corrected chi connectivity index (χ0v) is 13.0. The quantitative estimate of drug-likeness (QED) is 0.438. The number of benzene rings is 1. The van der Waals surface area contributed by atoms with Crippen molar-refractivity contribution in [3.63, 3.8) is 0 Å². The van der Waals surface area contributed by atoms with Gasteiger partial charge in [-0.15, -0.1) is 0 Å². The number of hydrazone groups is 1. The molecule has 0 aliphatic rings. The van der Waals surface area contributed by atoms with Crippen LogP contribution in [0.25, 0.3) is 0 Å². The monoisotopic (exact) mass is 316 g/mol. The van der Waals surface area contributed by atoms with Gasteiger partial charge in [-0.25, -0.2) is 5.43 Å². The fourth-order valence-electron chi connectivity index (χ4n) is 1.68. The van der Waals surface area contributed by atoms with Gasteiger partial charge in [0.05, 0.1) is 19.1 Å². The van der Waals surface area contributed by atoms with E-state index in [1.807, 2.05) is 12.1 Å². The van der Waals surface area contributed by atoms with Crippen molar-refractivity contribution in [2.24, 2.45) is 5.10 Å². The predicted octanol–water partition coefficient (Wildman–Crippen LogP) is 2.99. The molecule has 6 heteroatoms. The van der Waals surface area contributed by atoms with E-state index in [0.717, 1.165) is 18.6 Å². The first-order valence-electron chi connectivity index (χ1n) is 7.49. The van der Waals surface area contributed by atoms with Crippen molar-refractivity contribution in [2.75, 3.05) is 13.2 Å². The second kappa shape index (κ2) is 9.30. The molecule has 1 aromatic carbocycles. The highest BCUT2D eigenvalue weighted by Gasteiger charge is 2.02. The topological polar surface area (TPSA) is 73.1 Å². The summed E-state index contributed by atoms with van der Waals surface area (Å²) in [7, 11) is 0. The molecule has 1 aromatic heterocycles. The van der Waals surface area contributed by atoms with Crippen molar-refractivity contribution in [1.29, 1.82) is 0 Å². The molecule has 1 N–H and O–H groups in total. The summed E-state index contributed by atoms with van der Waals surface area (Å²) in [4.78, 5) is 11.6. The summed E-state index contributed by atoms with van der Waals surface area (Å²) in [6.07, 6.45) is 5.07. The van der Waals surface area contributed by atoms with Crippen LogP contribution in [-0.4, -0.2) is 25.3 Å². The Morgan fingerprint density at radius 3 is 2.61 bits per heavy atom. The third-order valence-corrected chi connectivity index (χ3v) is 2.88. The lowest BCUT2D eigenvalue weighted by molar-refractivity contribution is -0.123. The van der Waals surface area contributed by atoms with E-state index >= 15 is 0 Å². The zero-order valence-electron chi connectivity index (χ0n) is 13.0. The SMILES string of the molecule is CCCCOc1ccc(OCC(=O)N/N=C/c2ccco2)cc1. The van der Waals surface area contributed by atoms with Crippen molar-refractivity contribution >= 4 is 12.1 Å². The minimum atomic E-state index is -0.351. The van der Waals surface area contributed by atoms with Crippen LogP contribution in [0.5, 0.6) is 11.5 Å². The van der Waals surface area contributed by atoms with Crippen LogP contribution in [0, 0.1) is 0 Å². The van der Waals surface area contributed by atoms with E-state index in [2.05, 4.69) is 17.5 Å². The van der Waals surface area contributed by atoms with Crippen molar-refractivity contribution in [3.05, 3.63) is 48.4 Å². The van der Waals surface area contributed by atoms with Gasteiger partial charge in [0, 0.05) is 0 Å². The Labute approximate surface area is 135 Å². The number of ether oxygens (including phenoxy) is 2. The maximum Gasteiger partial charge on any atom is 0.277 e. The van der Waals surface area contributed by atoms with Crippen molar-refractivity contribution in [1.82, 2.24) is 5.43 Å². The van der Waals surface area contributed by atoms with Crippen LogP contribution in [0.15, 0.2) is 52.2 Å². The molecule has 1 heterocycles. The van der Waals surface area contributed by atoms with Crippen LogP contribution < -0.4 is 14.9 Å². The number of hydrogen-bond acceptors (Lipinski definition) is 5. The summed E-state index contributed by atoms with van der Waals surface area (Å²) in [5.74, 6) is 1.59. The largest absolute Gasteiger partial charge is 0.494 e.